The van der Waals surface area contributed by atoms with E-state index in [4.69, 9.17) is 0 Å². The summed E-state index contributed by atoms with van der Waals surface area (Å²) in [6, 6.07) is -0.109. The van der Waals surface area contributed by atoms with Crippen molar-refractivity contribution in [2.24, 2.45) is 5.92 Å². The van der Waals surface area contributed by atoms with Crippen molar-refractivity contribution in [2.75, 3.05) is 32.7 Å². The SMILES string of the molecule is CCN(CC)C(=O)[C@H]1CCCN(C(=O)NCCn2cncn2)C1. The molecule has 1 aliphatic rings. The molecule has 1 aromatic heterocycles. The predicted molar refractivity (Wildman–Crippen MR) is 85.6 cm³/mol. The van der Waals surface area contributed by atoms with Crippen LogP contribution in [-0.4, -0.2) is 69.2 Å². The van der Waals surface area contributed by atoms with E-state index in [2.05, 4.69) is 15.4 Å². The zero-order valence-electron chi connectivity index (χ0n) is 13.9. The van der Waals surface area contributed by atoms with Gasteiger partial charge in [0.2, 0.25) is 5.91 Å². The molecule has 0 saturated carbocycles. The molecule has 0 aromatic carbocycles. The Balaban J connectivity index is 1.80. The average Bonchev–Trinajstić information content (AvgIpc) is 3.09. The summed E-state index contributed by atoms with van der Waals surface area (Å²) in [4.78, 5) is 32.1. The number of urea groups is 1. The Labute approximate surface area is 136 Å². The van der Waals surface area contributed by atoms with Crippen LogP contribution in [0.2, 0.25) is 0 Å². The van der Waals surface area contributed by atoms with Gasteiger partial charge in [0, 0.05) is 32.7 Å². The Kier molecular flexibility index (Phi) is 6.37. The van der Waals surface area contributed by atoms with Crippen LogP contribution >= 0.6 is 0 Å². The smallest absolute Gasteiger partial charge is 0.317 e. The van der Waals surface area contributed by atoms with Gasteiger partial charge in [-0.1, -0.05) is 0 Å². The first kappa shape index (κ1) is 17.2. The minimum Gasteiger partial charge on any atom is -0.343 e. The van der Waals surface area contributed by atoms with E-state index in [1.807, 2.05) is 18.7 Å². The van der Waals surface area contributed by atoms with Crippen LogP contribution in [0.4, 0.5) is 4.79 Å². The van der Waals surface area contributed by atoms with Crippen LogP contribution in [0, 0.1) is 5.92 Å². The molecule has 0 unspecified atom stereocenters. The van der Waals surface area contributed by atoms with E-state index >= 15 is 0 Å². The maximum absolute atomic E-state index is 12.4. The van der Waals surface area contributed by atoms with E-state index in [9.17, 15) is 9.59 Å². The lowest BCUT2D eigenvalue weighted by molar-refractivity contribution is -0.136. The lowest BCUT2D eigenvalue weighted by Crippen LogP contribution is -2.50. The monoisotopic (exact) mass is 322 g/mol. The summed E-state index contributed by atoms with van der Waals surface area (Å²) < 4.78 is 1.67. The standard InChI is InChI=1S/C15H26N6O2/c1-3-19(4-2)14(22)13-6-5-8-20(10-13)15(23)17-7-9-21-12-16-11-18-21/h11-13H,3-10H2,1-2H3,(H,17,23)/t13-/m0/s1. The summed E-state index contributed by atoms with van der Waals surface area (Å²) in [6.45, 7) is 7.69. The van der Waals surface area contributed by atoms with Gasteiger partial charge in [-0.05, 0) is 26.7 Å². The lowest BCUT2D eigenvalue weighted by Gasteiger charge is -2.34. The normalized spacial score (nSPS) is 17.8. The highest BCUT2D eigenvalue weighted by Crippen LogP contribution is 2.19. The molecule has 1 saturated heterocycles. The quantitative estimate of drug-likeness (QED) is 0.830. The van der Waals surface area contributed by atoms with Crippen molar-refractivity contribution >= 4 is 11.9 Å². The molecule has 128 valence electrons. The highest BCUT2D eigenvalue weighted by atomic mass is 16.2. The Morgan fingerprint density at radius 3 is 2.78 bits per heavy atom. The van der Waals surface area contributed by atoms with Gasteiger partial charge in [-0.15, -0.1) is 0 Å². The van der Waals surface area contributed by atoms with Crippen LogP contribution in [0.1, 0.15) is 26.7 Å². The molecule has 0 spiro atoms. The van der Waals surface area contributed by atoms with Crippen LogP contribution < -0.4 is 5.32 Å². The molecule has 0 radical (unpaired) electrons. The fourth-order valence-electron chi connectivity index (χ4n) is 2.89. The summed E-state index contributed by atoms with van der Waals surface area (Å²) in [5, 5.41) is 6.87. The fraction of sp³-hybridized carbons (Fsp3) is 0.733. The van der Waals surface area contributed by atoms with E-state index in [-0.39, 0.29) is 17.9 Å². The first-order valence-electron chi connectivity index (χ1n) is 8.29. The molecular formula is C15H26N6O2. The van der Waals surface area contributed by atoms with E-state index in [0.29, 0.717) is 26.2 Å². The van der Waals surface area contributed by atoms with Crippen LogP contribution in [0.15, 0.2) is 12.7 Å². The van der Waals surface area contributed by atoms with Crippen molar-refractivity contribution in [1.82, 2.24) is 29.9 Å². The number of rotatable bonds is 6. The molecular weight excluding hydrogens is 296 g/mol. The number of piperidine rings is 1. The summed E-state index contributed by atoms with van der Waals surface area (Å²) >= 11 is 0. The van der Waals surface area contributed by atoms with Crippen LogP contribution in [0.25, 0.3) is 0 Å². The molecule has 8 nitrogen and oxygen atoms in total. The minimum atomic E-state index is -0.109. The van der Waals surface area contributed by atoms with Crippen LogP contribution in [0.5, 0.6) is 0 Å². The number of carbonyl (C=O) groups excluding carboxylic acids is 2. The molecule has 1 fully saturated rings. The van der Waals surface area contributed by atoms with Gasteiger partial charge in [0.1, 0.15) is 12.7 Å². The number of likely N-dealkylation sites (tertiary alicyclic amines) is 1. The third-order valence-electron chi connectivity index (χ3n) is 4.22. The number of nitrogens with one attached hydrogen (secondary N) is 1. The van der Waals surface area contributed by atoms with Crippen molar-refractivity contribution in [2.45, 2.75) is 33.2 Å². The summed E-state index contributed by atoms with van der Waals surface area (Å²) in [7, 11) is 0. The summed E-state index contributed by atoms with van der Waals surface area (Å²) in [5.41, 5.74) is 0. The molecule has 3 amide bonds. The number of hydrogen-bond donors (Lipinski definition) is 1. The second-order valence-electron chi connectivity index (χ2n) is 5.69. The zero-order valence-corrected chi connectivity index (χ0v) is 13.9. The molecule has 0 bridgehead atoms. The van der Waals surface area contributed by atoms with Crippen molar-refractivity contribution in [3.05, 3.63) is 12.7 Å². The Hall–Kier alpha value is -2.12. The lowest BCUT2D eigenvalue weighted by atomic mass is 9.96. The van der Waals surface area contributed by atoms with Crippen LogP contribution in [-0.2, 0) is 11.3 Å². The Morgan fingerprint density at radius 2 is 2.13 bits per heavy atom. The molecule has 1 aromatic rings. The molecule has 0 aliphatic carbocycles. The maximum Gasteiger partial charge on any atom is 0.317 e. The first-order valence-corrected chi connectivity index (χ1v) is 8.29. The van der Waals surface area contributed by atoms with E-state index < -0.39 is 0 Å². The van der Waals surface area contributed by atoms with Gasteiger partial charge in [-0.3, -0.25) is 9.48 Å². The summed E-state index contributed by atoms with van der Waals surface area (Å²) in [6.07, 6.45) is 4.81. The number of carbonyl (C=O) groups is 2. The van der Waals surface area contributed by atoms with Gasteiger partial charge in [0.25, 0.3) is 0 Å². The Morgan fingerprint density at radius 1 is 1.35 bits per heavy atom. The number of aromatic nitrogens is 3. The molecule has 8 heteroatoms. The van der Waals surface area contributed by atoms with Crippen molar-refractivity contribution in [1.29, 1.82) is 0 Å². The van der Waals surface area contributed by atoms with Crippen LogP contribution in [0.3, 0.4) is 0 Å². The topological polar surface area (TPSA) is 83.4 Å². The van der Waals surface area contributed by atoms with E-state index in [1.54, 1.807) is 15.9 Å². The number of amides is 3. The van der Waals surface area contributed by atoms with Gasteiger partial charge in [-0.25, -0.2) is 9.78 Å². The average molecular weight is 322 g/mol. The number of hydrogen-bond acceptors (Lipinski definition) is 4. The highest BCUT2D eigenvalue weighted by Gasteiger charge is 2.30. The molecule has 1 N–H and O–H groups in total. The van der Waals surface area contributed by atoms with Crippen molar-refractivity contribution in [3.63, 3.8) is 0 Å². The summed E-state index contributed by atoms with van der Waals surface area (Å²) in [5.74, 6) is 0.0832. The fourth-order valence-corrected chi connectivity index (χ4v) is 2.89. The van der Waals surface area contributed by atoms with E-state index in [0.717, 1.165) is 25.9 Å². The molecule has 1 atom stereocenters. The molecule has 1 aliphatic heterocycles. The second kappa shape index (κ2) is 8.50. The maximum atomic E-state index is 12.4. The third-order valence-corrected chi connectivity index (χ3v) is 4.22. The minimum absolute atomic E-state index is 0.0790. The van der Waals surface area contributed by atoms with Gasteiger partial charge < -0.3 is 15.1 Å². The molecule has 2 heterocycles. The van der Waals surface area contributed by atoms with Crippen molar-refractivity contribution in [3.8, 4) is 0 Å². The first-order chi connectivity index (χ1) is 11.2. The predicted octanol–water partition coefficient (Wildman–Crippen LogP) is 0.568. The second-order valence-corrected chi connectivity index (χ2v) is 5.69. The number of nitrogens with zero attached hydrogens (tertiary/aromatic N) is 5. The Bertz CT molecular complexity index is 500. The zero-order chi connectivity index (χ0) is 16.7. The van der Waals surface area contributed by atoms with Gasteiger partial charge in [0.15, 0.2) is 0 Å². The molecule has 23 heavy (non-hydrogen) atoms. The largest absolute Gasteiger partial charge is 0.343 e. The molecule has 2 rings (SSSR count). The van der Waals surface area contributed by atoms with Gasteiger partial charge in [0.05, 0.1) is 12.5 Å². The van der Waals surface area contributed by atoms with Gasteiger partial charge in [-0.2, -0.15) is 5.10 Å². The van der Waals surface area contributed by atoms with Crippen molar-refractivity contribution < 1.29 is 9.59 Å². The van der Waals surface area contributed by atoms with E-state index in [1.165, 1.54) is 6.33 Å². The highest BCUT2D eigenvalue weighted by molar-refractivity contribution is 5.81. The van der Waals surface area contributed by atoms with Gasteiger partial charge >= 0.3 is 6.03 Å². The third kappa shape index (κ3) is 4.67.